The van der Waals surface area contributed by atoms with Crippen molar-refractivity contribution in [2.24, 2.45) is 0 Å². The molecule has 0 unspecified atom stereocenters. The second-order valence-corrected chi connectivity index (χ2v) is 4.81. The molecule has 1 saturated heterocycles. The van der Waals surface area contributed by atoms with E-state index >= 15 is 0 Å². The quantitative estimate of drug-likeness (QED) is 0.808. The van der Waals surface area contributed by atoms with E-state index in [9.17, 15) is 9.59 Å². The molecule has 2 N–H and O–H groups in total. The number of nitrogens with zero attached hydrogens (tertiary/aromatic N) is 2. The molecule has 1 heterocycles. The van der Waals surface area contributed by atoms with Crippen molar-refractivity contribution in [1.29, 1.82) is 0 Å². The van der Waals surface area contributed by atoms with Gasteiger partial charge in [0.05, 0.1) is 12.2 Å². The summed E-state index contributed by atoms with van der Waals surface area (Å²) in [7, 11) is 1.75. The van der Waals surface area contributed by atoms with Gasteiger partial charge in [0, 0.05) is 20.1 Å². The zero-order valence-electron chi connectivity index (χ0n) is 11.5. The van der Waals surface area contributed by atoms with E-state index in [1.165, 1.54) is 4.90 Å². The predicted octanol–water partition coefficient (Wildman–Crippen LogP) is 0.338. The number of rotatable bonds is 3. The van der Waals surface area contributed by atoms with Gasteiger partial charge in [0.2, 0.25) is 5.91 Å². The van der Waals surface area contributed by atoms with Crippen LogP contribution in [0.5, 0.6) is 5.75 Å². The van der Waals surface area contributed by atoms with Gasteiger partial charge in [-0.2, -0.15) is 0 Å². The Kier molecular flexibility index (Phi) is 4.45. The molecular weight excluding hydrogens is 258 g/mol. The summed E-state index contributed by atoms with van der Waals surface area (Å²) in [5.41, 5.74) is 6.23. The number of carbonyl (C=O) groups is 2. The summed E-state index contributed by atoms with van der Waals surface area (Å²) < 4.78 is 5.41. The second-order valence-electron chi connectivity index (χ2n) is 4.81. The molecule has 0 radical (unpaired) electrons. The molecule has 0 atom stereocenters. The summed E-state index contributed by atoms with van der Waals surface area (Å²) in [5.74, 6) is 0.242. The van der Waals surface area contributed by atoms with Crippen LogP contribution in [0.25, 0.3) is 0 Å². The molecule has 6 heteroatoms. The van der Waals surface area contributed by atoms with Gasteiger partial charge in [-0.3, -0.25) is 9.59 Å². The van der Waals surface area contributed by atoms with Crippen molar-refractivity contribution in [3.8, 4) is 5.75 Å². The summed E-state index contributed by atoms with van der Waals surface area (Å²) in [6.45, 7) is 1.26. The highest BCUT2D eigenvalue weighted by molar-refractivity contribution is 5.85. The standard InChI is InChI=1S/C14H19N3O3/c1-16-7-4-8-17(9-13(16)18)14(19)10-20-12-6-3-2-5-11(12)15/h2-3,5-6H,4,7-10,15H2,1H3. The molecule has 1 fully saturated rings. The zero-order chi connectivity index (χ0) is 14.5. The van der Waals surface area contributed by atoms with Crippen LogP contribution in [0.4, 0.5) is 5.69 Å². The van der Waals surface area contributed by atoms with E-state index < -0.39 is 0 Å². The minimum absolute atomic E-state index is 0.0462. The van der Waals surface area contributed by atoms with Crippen molar-refractivity contribution >= 4 is 17.5 Å². The van der Waals surface area contributed by atoms with E-state index in [0.29, 0.717) is 24.5 Å². The van der Waals surface area contributed by atoms with Gasteiger partial charge in [0.1, 0.15) is 5.75 Å². The highest BCUT2D eigenvalue weighted by Crippen LogP contribution is 2.19. The normalized spacial score (nSPS) is 15.9. The fourth-order valence-electron chi connectivity index (χ4n) is 2.04. The van der Waals surface area contributed by atoms with E-state index in [4.69, 9.17) is 10.5 Å². The Bertz CT molecular complexity index is 504. The minimum atomic E-state index is -0.197. The first-order valence-corrected chi connectivity index (χ1v) is 6.57. The van der Waals surface area contributed by atoms with Crippen LogP contribution in [-0.4, -0.2) is 54.9 Å². The van der Waals surface area contributed by atoms with Gasteiger partial charge >= 0.3 is 0 Å². The Labute approximate surface area is 118 Å². The van der Waals surface area contributed by atoms with E-state index in [0.717, 1.165) is 6.42 Å². The third kappa shape index (κ3) is 3.40. The molecule has 0 saturated carbocycles. The topological polar surface area (TPSA) is 75.9 Å². The monoisotopic (exact) mass is 277 g/mol. The fraction of sp³-hybridized carbons (Fsp3) is 0.429. The number of benzene rings is 1. The number of hydrogen-bond donors (Lipinski definition) is 1. The molecule has 20 heavy (non-hydrogen) atoms. The maximum absolute atomic E-state index is 12.1. The largest absolute Gasteiger partial charge is 0.482 e. The number of nitrogens with two attached hydrogens (primary N) is 1. The van der Waals surface area contributed by atoms with E-state index in [1.807, 2.05) is 0 Å². The number of nitrogen functional groups attached to an aromatic ring is 1. The molecule has 2 amide bonds. The lowest BCUT2D eigenvalue weighted by molar-refractivity contribution is -0.139. The molecule has 1 aromatic rings. The van der Waals surface area contributed by atoms with Crippen LogP contribution < -0.4 is 10.5 Å². The van der Waals surface area contributed by atoms with Gasteiger partial charge in [-0.1, -0.05) is 12.1 Å². The van der Waals surface area contributed by atoms with Crippen LogP contribution in [0.3, 0.4) is 0 Å². The molecular formula is C14H19N3O3. The molecule has 1 aliphatic heterocycles. The SMILES string of the molecule is CN1CCCN(C(=O)COc2ccccc2N)CC1=O. The second kappa shape index (κ2) is 6.27. The van der Waals surface area contributed by atoms with Crippen molar-refractivity contribution in [2.75, 3.05) is 39.0 Å². The van der Waals surface area contributed by atoms with Crippen molar-refractivity contribution < 1.29 is 14.3 Å². The predicted molar refractivity (Wildman–Crippen MR) is 75.2 cm³/mol. The van der Waals surface area contributed by atoms with Gasteiger partial charge in [-0.15, -0.1) is 0 Å². The highest BCUT2D eigenvalue weighted by Gasteiger charge is 2.23. The van der Waals surface area contributed by atoms with Crippen LogP contribution in [0, 0.1) is 0 Å². The first-order chi connectivity index (χ1) is 9.58. The third-order valence-electron chi connectivity index (χ3n) is 3.30. The average Bonchev–Trinajstić information content (AvgIpc) is 2.60. The number of ether oxygens (including phenoxy) is 1. The molecule has 1 aromatic carbocycles. The fourth-order valence-corrected chi connectivity index (χ4v) is 2.04. The van der Waals surface area contributed by atoms with Crippen LogP contribution in [0.2, 0.25) is 0 Å². The molecule has 1 aliphatic rings. The van der Waals surface area contributed by atoms with Gasteiger partial charge in [0.25, 0.3) is 5.91 Å². The Morgan fingerprint density at radius 2 is 2.10 bits per heavy atom. The summed E-state index contributed by atoms with van der Waals surface area (Å²) in [5, 5.41) is 0. The van der Waals surface area contributed by atoms with Gasteiger partial charge in [-0.05, 0) is 18.6 Å². The van der Waals surface area contributed by atoms with Crippen LogP contribution in [0.15, 0.2) is 24.3 Å². The number of carbonyl (C=O) groups excluding carboxylic acids is 2. The Morgan fingerprint density at radius 3 is 2.85 bits per heavy atom. The lowest BCUT2D eigenvalue weighted by Crippen LogP contribution is -2.40. The summed E-state index contributed by atoms with van der Waals surface area (Å²) in [6.07, 6.45) is 0.779. The Balaban J connectivity index is 1.91. The molecule has 6 nitrogen and oxygen atoms in total. The third-order valence-corrected chi connectivity index (χ3v) is 3.30. The number of anilines is 1. The maximum atomic E-state index is 12.1. The minimum Gasteiger partial charge on any atom is -0.482 e. The summed E-state index contributed by atoms with van der Waals surface area (Å²) >= 11 is 0. The van der Waals surface area contributed by atoms with Crippen molar-refractivity contribution in [3.63, 3.8) is 0 Å². The molecule has 0 aliphatic carbocycles. The molecule has 0 spiro atoms. The van der Waals surface area contributed by atoms with Crippen molar-refractivity contribution in [2.45, 2.75) is 6.42 Å². The smallest absolute Gasteiger partial charge is 0.260 e. The van der Waals surface area contributed by atoms with Gasteiger partial charge in [-0.25, -0.2) is 0 Å². The van der Waals surface area contributed by atoms with Gasteiger partial charge in [0.15, 0.2) is 6.61 Å². The highest BCUT2D eigenvalue weighted by atomic mass is 16.5. The first-order valence-electron chi connectivity index (χ1n) is 6.57. The number of hydrogen-bond acceptors (Lipinski definition) is 4. The average molecular weight is 277 g/mol. The Hall–Kier alpha value is -2.24. The van der Waals surface area contributed by atoms with E-state index in [-0.39, 0.29) is 25.0 Å². The van der Waals surface area contributed by atoms with Crippen LogP contribution in [0.1, 0.15) is 6.42 Å². The van der Waals surface area contributed by atoms with Gasteiger partial charge < -0.3 is 20.3 Å². The maximum Gasteiger partial charge on any atom is 0.260 e. The lowest BCUT2D eigenvalue weighted by atomic mass is 10.3. The molecule has 108 valence electrons. The first kappa shape index (κ1) is 14.2. The van der Waals surface area contributed by atoms with Crippen LogP contribution >= 0.6 is 0 Å². The van der Waals surface area contributed by atoms with Crippen LogP contribution in [-0.2, 0) is 9.59 Å². The van der Waals surface area contributed by atoms with Crippen molar-refractivity contribution in [1.82, 2.24) is 9.80 Å². The summed E-state index contributed by atoms with van der Waals surface area (Å²) in [6, 6.07) is 7.02. The van der Waals surface area contributed by atoms with Crippen molar-refractivity contribution in [3.05, 3.63) is 24.3 Å². The zero-order valence-corrected chi connectivity index (χ0v) is 11.5. The Morgan fingerprint density at radius 1 is 1.35 bits per heavy atom. The molecule has 0 aromatic heterocycles. The lowest BCUT2D eigenvalue weighted by Gasteiger charge is -2.20. The molecule has 2 rings (SSSR count). The number of amides is 2. The van der Waals surface area contributed by atoms with E-state index in [2.05, 4.69) is 0 Å². The summed E-state index contributed by atoms with van der Waals surface area (Å²) in [4.78, 5) is 27.0. The molecule has 0 bridgehead atoms. The number of likely N-dealkylation sites (N-methyl/N-ethyl adjacent to an activating group) is 1. The van der Waals surface area contributed by atoms with E-state index in [1.54, 1.807) is 36.2 Å². The number of para-hydroxylation sites is 2.